The highest BCUT2D eigenvalue weighted by Gasteiger charge is 2.22. The van der Waals surface area contributed by atoms with E-state index in [0.717, 1.165) is 56.5 Å². The quantitative estimate of drug-likeness (QED) is 0.461. The van der Waals surface area contributed by atoms with E-state index in [1.807, 2.05) is 16.7 Å². The zero-order valence-electron chi connectivity index (χ0n) is 18.6. The Morgan fingerprint density at radius 1 is 1.19 bits per heavy atom. The standard InChI is InChI=1S/C23H29BrN6O2/c1-3-29(4-2)11-12-32-18-9-10-20(25-15-18)27-23-26-14-16-13-19(24)22(31)30(21(16)28-23)17-7-5-6-8-17/h9-10,13-15,17H,3-8,11-12H2,1-2H3,(H,25,26,27,28). The predicted octanol–water partition coefficient (Wildman–Crippen LogP) is 4.53. The second kappa shape index (κ2) is 10.4. The zero-order chi connectivity index (χ0) is 22.5. The van der Waals surface area contributed by atoms with Gasteiger partial charge < -0.3 is 15.0 Å². The summed E-state index contributed by atoms with van der Waals surface area (Å²) >= 11 is 3.40. The van der Waals surface area contributed by atoms with Crippen LogP contribution in [0.4, 0.5) is 11.8 Å². The summed E-state index contributed by atoms with van der Waals surface area (Å²) in [7, 11) is 0. The van der Waals surface area contributed by atoms with Crippen LogP contribution in [0.3, 0.4) is 0 Å². The second-order valence-corrected chi connectivity index (χ2v) is 8.81. The van der Waals surface area contributed by atoms with Gasteiger partial charge in [0.15, 0.2) is 0 Å². The fourth-order valence-corrected chi connectivity index (χ4v) is 4.57. The summed E-state index contributed by atoms with van der Waals surface area (Å²) in [4.78, 5) is 28.7. The number of pyridine rings is 2. The van der Waals surface area contributed by atoms with Gasteiger partial charge in [0.1, 0.15) is 23.8 Å². The van der Waals surface area contributed by atoms with E-state index in [1.165, 1.54) is 0 Å². The number of likely N-dealkylation sites (N-methyl/N-ethyl adjacent to an activating group) is 1. The molecule has 170 valence electrons. The Morgan fingerprint density at radius 3 is 2.66 bits per heavy atom. The van der Waals surface area contributed by atoms with Crippen LogP contribution in [0, 0.1) is 0 Å². The van der Waals surface area contributed by atoms with Crippen molar-refractivity contribution in [1.29, 1.82) is 0 Å². The van der Waals surface area contributed by atoms with Gasteiger partial charge in [0.05, 0.1) is 10.7 Å². The van der Waals surface area contributed by atoms with Crippen molar-refractivity contribution >= 4 is 38.7 Å². The highest BCUT2D eigenvalue weighted by atomic mass is 79.9. The number of ether oxygens (including phenoxy) is 1. The van der Waals surface area contributed by atoms with Crippen molar-refractivity contribution in [3.05, 3.63) is 45.4 Å². The first kappa shape index (κ1) is 22.7. The van der Waals surface area contributed by atoms with Crippen LogP contribution in [0.5, 0.6) is 5.75 Å². The van der Waals surface area contributed by atoms with Gasteiger partial charge in [-0.3, -0.25) is 9.36 Å². The predicted molar refractivity (Wildman–Crippen MR) is 130 cm³/mol. The number of nitrogens with zero attached hydrogens (tertiary/aromatic N) is 5. The Kier molecular flexibility index (Phi) is 7.36. The minimum atomic E-state index is -0.0432. The SMILES string of the molecule is CCN(CC)CCOc1ccc(Nc2ncc3cc(Br)c(=O)n(C4CCCC4)c3n2)nc1. The van der Waals surface area contributed by atoms with Crippen LogP contribution in [-0.4, -0.2) is 50.7 Å². The summed E-state index contributed by atoms with van der Waals surface area (Å²) in [5.41, 5.74) is 0.609. The third-order valence-corrected chi connectivity index (χ3v) is 6.53. The molecule has 4 rings (SSSR count). The van der Waals surface area contributed by atoms with Gasteiger partial charge in [-0.25, -0.2) is 9.97 Å². The molecule has 1 saturated carbocycles. The molecule has 32 heavy (non-hydrogen) atoms. The highest BCUT2D eigenvalue weighted by Crippen LogP contribution is 2.31. The normalized spacial score (nSPS) is 14.4. The average Bonchev–Trinajstić information content (AvgIpc) is 3.33. The van der Waals surface area contributed by atoms with E-state index in [0.29, 0.717) is 28.5 Å². The van der Waals surface area contributed by atoms with Gasteiger partial charge in [-0.15, -0.1) is 0 Å². The molecule has 9 heteroatoms. The molecule has 1 aliphatic rings. The Morgan fingerprint density at radius 2 is 1.97 bits per heavy atom. The first-order valence-corrected chi connectivity index (χ1v) is 12.0. The smallest absolute Gasteiger partial charge is 0.266 e. The van der Waals surface area contributed by atoms with E-state index in [4.69, 9.17) is 4.74 Å². The number of hydrogen-bond acceptors (Lipinski definition) is 7. The van der Waals surface area contributed by atoms with Crippen LogP contribution in [0.2, 0.25) is 0 Å². The molecule has 0 aliphatic heterocycles. The number of hydrogen-bond donors (Lipinski definition) is 1. The van der Waals surface area contributed by atoms with Crippen molar-refractivity contribution < 1.29 is 4.74 Å². The summed E-state index contributed by atoms with van der Waals surface area (Å²) in [5.74, 6) is 1.75. The van der Waals surface area contributed by atoms with Crippen LogP contribution in [0.15, 0.2) is 39.9 Å². The molecule has 0 bridgehead atoms. The molecule has 0 unspecified atom stereocenters. The fraction of sp³-hybridized carbons (Fsp3) is 0.478. The maximum Gasteiger partial charge on any atom is 0.266 e. The second-order valence-electron chi connectivity index (χ2n) is 7.96. The molecule has 1 aliphatic carbocycles. The molecular formula is C23H29BrN6O2. The van der Waals surface area contributed by atoms with Crippen molar-refractivity contribution in [3.8, 4) is 5.75 Å². The minimum absolute atomic E-state index is 0.0432. The van der Waals surface area contributed by atoms with Crippen LogP contribution in [0.25, 0.3) is 11.0 Å². The van der Waals surface area contributed by atoms with E-state index in [-0.39, 0.29) is 11.6 Å². The Bertz CT molecular complexity index is 1110. The first-order valence-electron chi connectivity index (χ1n) is 11.2. The molecule has 0 amide bonds. The van der Waals surface area contributed by atoms with Gasteiger partial charge in [0, 0.05) is 24.2 Å². The topological polar surface area (TPSA) is 85.2 Å². The maximum atomic E-state index is 12.8. The molecule has 3 heterocycles. The van der Waals surface area contributed by atoms with Crippen LogP contribution >= 0.6 is 15.9 Å². The first-order chi connectivity index (χ1) is 15.6. The van der Waals surface area contributed by atoms with Crippen molar-refractivity contribution in [2.24, 2.45) is 0 Å². The van der Waals surface area contributed by atoms with Crippen LogP contribution < -0.4 is 15.6 Å². The van der Waals surface area contributed by atoms with Gasteiger partial charge in [-0.2, -0.15) is 4.98 Å². The van der Waals surface area contributed by atoms with Gasteiger partial charge in [0.2, 0.25) is 5.95 Å². The molecule has 0 saturated heterocycles. The zero-order valence-corrected chi connectivity index (χ0v) is 20.1. The molecule has 1 N–H and O–H groups in total. The Hall–Kier alpha value is -2.52. The van der Waals surface area contributed by atoms with E-state index in [1.54, 1.807) is 18.5 Å². The van der Waals surface area contributed by atoms with E-state index < -0.39 is 0 Å². The number of fused-ring (bicyclic) bond motifs is 1. The molecule has 8 nitrogen and oxygen atoms in total. The largest absolute Gasteiger partial charge is 0.491 e. The van der Waals surface area contributed by atoms with Crippen LogP contribution in [-0.2, 0) is 0 Å². The lowest BCUT2D eigenvalue weighted by Gasteiger charge is -2.18. The number of anilines is 2. The Labute approximate surface area is 196 Å². The molecule has 3 aromatic heterocycles. The summed E-state index contributed by atoms with van der Waals surface area (Å²) in [6.45, 7) is 7.82. The molecule has 3 aromatic rings. The van der Waals surface area contributed by atoms with Crippen molar-refractivity contribution in [1.82, 2.24) is 24.4 Å². The van der Waals surface area contributed by atoms with Gasteiger partial charge >= 0.3 is 0 Å². The highest BCUT2D eigenvalue weighted by molar-refractivity contribution is 9.10. The lowest BCUT2D eigenvalue weighted by atomic mass is 10.2. The lowest BCUT2D eigenvalue weighted by molar-refractivity contribution is 0.222. The monoisotopic (exact) mass is 500 g/mol. The van der Waals surface area contributed by atoms with E-state index in [9.17, 15) is 4.79 Å². The molecule has 0 spiro atoms. The summed E-state index contributed by atoms with van der Waals surface area (Å²) < 4.78 is 8.15. The van der Waals surface area contributed by atoms with Gasteiger partial charge in [-0.05, 0) is 60.1 Å². The van der Waals surface area contributed by atoms with E-state index in [2.05, 4.69) is 54.9 Å². The number of rotatable bonds is 9. The fourth-order valence-electron chi connectivity index (χ4n) is 4.13. The lowest BCUT2D eigenvalue weighted by Crippen LogP contribution is -2.27. The molecular weight excluding hydrogens is 472 g/mol. The summed E-state index contributed by atoms with van der Waals surface area (Å²) in [5, 5.41) is 3.98. The van der Waals surface area contributed by atoms with Crippen molar-refractivity contribution in [2.75, 3.05) is 31.6 Å². The third kappa shape index (κ3) is 5.10. The van der Waals surface area contributed by atoms with Crippen molar-refractivity contribution in [2.45, 2.75) is 45.6 Å². The summed E-state index contributed by atoms with van der Waals surface area (Å²) in [6, 6.07) is 5.68. The molecule has 0 atom stereocenters. The van der Waals surface area contributed by atoms with Crippen LogP contribution in [0.1, 0.15) is 45.6 Å². The molecule has 0 radical (unpaired) electrons. The van der Waals surface area contributed by atoms with Gasteiger partial charge in [-0.1, -0.05) is 26.7 Å². The summed E-state index contributed by atoms with van der Waals surface area (Å²) in [6.07, 6.45) is 7.69. The van der Waals surface area contributed by atoms with Gasteiger partial charge in [0.25, 0.3) is 5.56 Å². The van der Waals surface area contributed by atoms with Crippen molar-refractivity contribution in [3.63, 3.8) is 0 Å². The molecule has 1 fully saturated rings. The number of halogens is 1. The average molecular weight is 501 g/mol. The maximum absolute atomic E-state index is 12.8. The third-order valence-electron chi connectivity index (χ3n) is 5.97. The Balaban J connectivity index is 1.50. The molecule has 0 aromatic carbocycles. The minimum Gasteiger partial charge on any atom is -0.491 e. The number of nitrogens with one attached hydrogen (secondary N) is 1. The van der Waals surface area contributed by atoms with E-state index >= 15 is 0 Å². The number of aromatic nitrogens is 4.